The van der Waals surface area contributed by atoms with Crippen LogP contribution in [0.5, 0.6) is 23.0 Å². The van der Waals surface area contributed by atoms with Crippen LogP contribution in [0.1, 0.15) is 211 Å². The first-order valence-corrected chi connectivity index (χ1v) is 23.0. The van der Waals surface area contributed by atoms with Crippen LogP contribution < -0.4 is 9.47 Å². The van der Waals surface area contributed by atoms with Gasteiger partial charge < -0.3 is 19.7 Å². The molecule has 2 aromatic carbocycles. The molecule has 0 amide bonds. The van der Waals surface area contributed by atoms with Crippen LogP contribution in [0.15, 0.2) is 46.4 Å². The zero-order valence-corrected chi connectivity index (χ0v) is 35.6. The Hall–Kier alpha value is -3.02. The van der Waals surface area contributed by atoms with Crippen molar-refractivity contribution in [3.05, 3.63) is 47.5 Å². The van der Waals surface area contributed by atoms with Gasteiger partial charge in [0.05, 0.1) is 13.2 Å². The van der Waals surface area contributed by atoms with Gasteiger partial charge in [0, 0.05) is 48.8 Å². The average molecular weight is 763 g/mol. The van der Waals surface area contributed by atoms with Gasteiger partial charge in [0.2, 0.25) is 0 Å². The summed E-state index contributed by atoms with van der Waals surface area (Å²) in [5, 5.41) is 20.9. The first-order valence-electron chi connectivity index (χ1n) is 23.0. The molecule has 2 aromatic rings. The molecule has 2 rings (SSSR count). The Morgan fingerprint density at radius 1 is 0.400 bits per heavy atom. The number of rotatable bonds is 38. The Morgan fingerprint density at radius 2 is 0.691 bits per heavy atom. The third-order valence-corrected chi connectivity index (χ3v) is 10.6. The van der Waals surface area contributed by atoms with Crippen molar-refractivity contribution >= 4 is 12.4 Å². The highest BCUT2D eigenvalue weighted by Gasteiger charge is 2.04. The van der Waals surface area contributed by atoms with Crippen molar-refractivity contribution in [2.24, 2.45) is 9.98 Å². The lowest BCUT2D eigenvalue weighted by atomic mass is 10.0. The highest BCUT2D eigenvalue weighted by Crippen LogP contribution is 2.24. The number of benzene rings is 2. The predicted octanol–water partition coefficient (Wildman–Crippen LogP) is 14.7. The van der Waals surface area contributed by atoms with Gasteiger partial charge in [-0.2, -0.15) is 0 Å². The third-order valence-electron chi connectivity index (χ3n) is 10.6. The fourth-order valence-corrected chi connectivity index (χ4v) is 7.00. The molecule has 6 heteroatoms. The van der Waals surface area contributed by atoms with Gasteiger partial charge in [0.1, 0.15) is 23.0 Å². The number of ether oxygens (including phenoxy) is 2. The van der Waals surface area contributed by atoms with E-state index < -0.39 is 0 Å². The largest absolute Gasteiger partial charge is 0.507 e. The van der Waals surface area contributed by atoms with Crippen LogP contribution in [-0.4, -0.2) is 48.9 Å². The van der Waals surface area contributed by atoms with Gasteiger partial charge in [-0.15, -0.1) is 0 Å². The molecule has 0 aliphatic rings. The molecule has 2 N–H and O–H groups in total. The Morgan fingerprint density at radius 3 is 0.982 bits per heavy atom. The monoisotopic (exact) mass is 763 g/mol. The minimum absolute atomic E-state index is 0.183. The van der Waals surface area contributed by atoms with Crippen LogP contribution >= 0.6 is 0 Å². The quantitative estimate of drug-likeness (QED) is 0.0527. The standard InChI is InChI=1S/C49H82N2O4/c1-3-5-7-9-11-13-15-17-19-21-23-25-27-29-38-54-46-34-32-44(48(52)40-46)42-50-36-31-37-51-43-45-33-35-47(41-49(45)53)55-39-30-28-26-24-22-20-18-16-14-12-10-8-6-4-2/h32-35,40-43,52-53H,3-31,36-39H2,1-2H3. The number of aromatic hydroxyl groups is 2. The lowest BCUT2D eigenvalue weighted by Crippen LogP contribution is -1.98. The maximum atomic E-state index is 10.5. The fourth-order valence-electron chi connectivity index (χ4n) is 7.00. The van der Waals surface area contributed by atoms with Crippen LogP contribution in [-0.2, 0) is 0 Å². The molecule has 0 fully saturated rings. The van der Waals surface area contributed by atoms with Crippen LogP contribution in [0.4, 0.5) is 0 Å². The third kappa shape index (κ3) is 27.3. The summed E-state index contributed by atoms with van der Waals surface area (Å²) in [6.45, 7) is 7.13. The first-order chi connectivity index (χ1) is 27.1. The van der Waals surface area contributed by atoms with Crippen molar-refractivity contribution in [1.29, 1.82) is 0 Å². The van der Waals surface area contributed by atoms with E-state index in [1.807, 2.05) is 24.3 Å². The molecule has 55 heavy (non-hydrogen) atoms. The van der Waals surface area contributed by atoms with Crippen LogP contribution in [0, 0.1) is 0 Å². The average Bonchev–Trinajstić information content (AvgIpc) is 3.18. The Balaban J connectivity index is 1.45. The van der Waals surface area contributed by atoms with E-state index in [0.717, 1.165) is 19.3 Å². The summed E-state index contributed by atoms with van der Waals surface area (Å²) < 4.78 is 11.8. The molecule has 0 bridgehead atoms. The highest BCUT2D eigenvalue weighted by molar-refractivity contribution is 5.84. The Bertz CT molecular complexity index is 1140. The summed E-state index contributed by atoms with van der Waals surface area (Å²) in [7, 11) is 0. The molecule has 312 valence electrons. The van der Waals surface area contributed by atoms with Crippen molar-refractivity contribution < 1.29 is 19.7 Å². The number of hydrogen-bond donors (Lipinski definition) is 2. The summed E-state index contributed by atoms with van der Waals surface area (Å²) in [6, 6.07) is 10.9. The molecule has 0 unspecified atom stereocenters. The lowest BCUT2D eigenvalue weighted by Gasteiger charge is -2.08. The summed E-state index contributed by atoms with van der Waals surface area (Å²) in [6.07, 6.45) is 41.8. The van der Waals surface area contributed by atoms with E-state index in [4.69, 9.17) is 9.47 Å². The fraction of sp³-hybridized carbons (Fsp3) is 0.714. The number of phenolic OH excluding ortho intramolecular Hbond substituents is 2. The number of phenols is 2. The normalized spacial score (nSPS) is 11.7. The van der Waals surface area contributed by atoms with Crippen molar-refractivity contribution in [3.8, 4) is 23.0 Å². The van der Waals surface area contributed by atoms with Crippen molar-refractivity contribution in [2.75, 3.05) is 26.3 Å². The van der Waals surface area contributed by atoms with Crippen LogP contribution in [0.3, 0.4) is 0 Å². The smallest absolute Gasteiger partial charge is 0.128 e. The summed E-state index contributed by atoms with van der Waals surface area (Å²) in [4.78, 5) is 8.93. The number of nitrogens with zero attached hydrogens (tertiary/aromatic N) is 2. The zero-order chi connectivity index (χ0) is 39.3. The Labute approximate surface area is 338 Å². The maximum Gasteiger partial charge on any atom is 0.128 e. The van der Waals surface area contributed by atoms with Crippen molar-refractivity contribution in [3.63, 3.8) is 0 Å². The van der Waals surface area contributed by atoms with Gasteiger partial charge in [-0.1, -0.05) is 181 Å². The molecule has 6 nitrogen and oxygen atoms in total. The number of hydrogen-bond acceptors (Lipinski definition) is 6. The Kier molecular flexibility index (Phi) is 31.0. The highest BCUT2D eigenvalue weighted by atomic mass is 16.5. The molecule has 0 aliphatic carbocycles. The molecule has 0 spiro atoms. The van der Waals surface area contributed by atoms with Gasteiger partial charge in [0.15, 0.2) is 0 Å². The first kappa shape index (κ1) is 48.1. The molecule has 0 heterocycles. The topological polar surface area (TPSA) is 83.6 Å². The second-order valence-corrected chi connectivity index (χ2v) is 15.8. The van der Waals surface area contributed by atoms with E-state index in [9.17, 15) is 10.2 Å². The lowest BCUT2D eigenvalue weighted by molar-refractivity contribution is 0.302. The van der Waals surface area contributed by atoms with Crippen molar-refractivity contribution in [2.45, 2.75) is 200 Å². The summed E-state index contributed by atoms with van der Waals surface area (Å²) in [5.74, 6) is 1.77. The molecule has 0 aromatic heterocycles. The van der Waals surface area contributed by atoms with E-state index in [1.165, 1.54) is 167 Å². The molecule has 0 aliphatic heterocycles. The molecule has 0 saturated heterocycles. The van der Waals surface area contributed by atoms with E-state index >= 15 is 0 Å². The zero-order valence-electron chi connectivity index (χ0n) is 35.6. The molecule has 0 radical (unpaired) electrons. The molecular weight excluding hydrogens is 681 g/mol. The number of unbranched alkanes of at least 4 members (excludes halogenated alkanes) is 26. The van der Waals surface area contributed by atoms with Crippen LogP contribution in [0.2, 0.25) is 0 Å². The predicted molar refractivity (Wildman–Crippen MR) is 237 cm³/mol. The van der Waals surface area contributed by atoms with E-state index in [-0.39, 0.29) is 11.5 Å². The molecular formula is C49H82N2O4. The van der Waals surface area contributed by atoms with Crippen molar-refractivity contribution in [1.82, 2.24) is 0 Å². The van der Waals surface area contributed by atoms with Gasteiger partial charge >= 0.3 is 0 Å². The maximum absolute atomic E-state index is 10.5. The van der Waals surface area contributed by atoms with E-state index in [0.29, 0.717) is 48.9 Å². The molecule has 0 atom stereocenters. The van der Waals surface area contributed by atoms with Gasteiger partial charge in [-0.05, 0) is 43.5 Å². The summed E-state index contributed by atoms with van der Waals surface area (Å²) in [5.41, 5.74) is 1.37. The second-order valence-electron chi connectivity index (χ2n) is 15.8. The number of aliphatic imine (C=N–C) groups is 2. The summed E-state index contributed by atoms with van der Waals surface area (Å²) >= 11 is 0. The van der Waals surface area contributed by atoms with Gasteiger partial charge in [-0.25, -0.2) is 0 Å². The van der Waals surface area contributed by atoms with Crippen LogP contribution in [0.25, 0.3) is 0 Å². The minimum atomic E-state index is 0.183. The van der Waals surface area contributed by atoms with E-state index in [2.05, 4.69) is 23.8 Å². The SMILES string of the molecule is CCCCCCCCCCCCCCCCOc1ccc(C=NCCCN=Cc2ccc(OCCCCCCCCCCCCCCCC)cc2O)c(O)c1. The molecule has 0 saturated carbocycles. The van der Waals surface area contributed by atoms with E-state index in [1.54, 1.807) is 24.6 Å². The van der Waals surface area contributed by atoms with Gasteiger partial charge in [0.25, 0.3) is 0 Å². The second kappa shape index (κ2) is 35.4. The van der Waals surface area contributed by atoms with Gasteiger partial charge in [-0.3, -0.25) is 9.98 Å². The minimum Gasteiger partial charge on any atom is -0.507 e.